The summed E-state index contributed by atoms with van der Waals surface area (Å²) in [6.07, 6.45) is 4.27. The maximum absolute atomic E-state index is 13.7. The fourth-order valence-electron chi connectivity index (χ4n) is 3.80. The number of ether oxygens (including phenoxy) is 2. The largest absolute Gasteiger partial charge is 0.465 e. The number of carbonyl (C=O) groups excluding carboxylic acids is 5. The Hall–Kier alpha value is -5.24. The Morgan fingerprint density at radius 1 is 0.933 bits per heavy atom. The summed E-state index contributed by atoms with van der Waals surface area (Å²) in [5.74, 6) is -3.39. The van der Waals surface area contributed by atoms with E-state index in [-0.39, 0.29) is 42.3 Å². The summed E-state index contributed by atoms with van der Waals surface area (Å²) in [6, 6.07) is 16.0. The molecule has 0 saturated heterocycles. The maximum Gasteiger partial charge on any atom is 0.343 e. The van der Waals surface area contributed by atoms with E-state index in [1.165, 1.54) is 18.0 Å². The number of hydrogen-bond acceptors (Lipinski definition) is 11. The Morgan fingerprint density at radius 2 is 1.60 bits per heavy atom. The highest BCUT2D eigenvalue weighted by Crippen LogP contribution is 2.18. The number of aromatic nitrogens is 2. The zero-order valence-corrected chi connectivity index (χ0v) is 25.8. The topological polar surface area (TPSA) is 178 Å². The van der Waals surface area contributed by atoms with Crippen LogP contribution in [0.3, 0.4) is 0 Å². The summed E-state index contributed by atoms with van der Waals surface area (Å²) in [5, 5.41) is 10.8. The first-order valence-corrected chi connectivity index (χ1v) is 15.2. The van der Waals surface area contributed by atoms with E-state index < -0.39 is 42.2 Å². The number of benzene rings is 2. The molecule has 0 radical (unpaired) electrons. The molecule has 0 saturated carbocycles. The number of hydrogen-bond donors (Lipinski definition) is 4. The summed E-state index contributed by atoms with van der Waals surface area (Å²) >= 11 is 1.23. The predicted octanol–water partition coefficient (Wildman–Crippen LogP) is 2.47. The molecule has 0 fully saturated rings. The van der Waals surface area contributed by atoms with Gasteiger partial charge in [0.15, 0.2) is 5.16 Å². The van der Waals surface area contributed by atoms with E-state index in [0.29, 0.717) is 5.16 Å². The normalized spacial score (nSPS) is 11.5. The van der Waals surface area contributed by atoms with Crippen molar-refractivity contribution in [3.05, 3.63) is 95.4 Å². The maximum atomic E-state index is 13.7. The van der Waals surface area contributed by atoms with Crippen LogP contribution in [0.4, 0.5) is 5.82 Å². The van der Waals surface area contributed by atoms with Gasteiger partial charge in [0.25, 0.3) is 11.8 Å². The lowest BCUT2D eigenvalue weighted by molar-refractivity contribution is -0.143. The van der Waals surface area contributed by atoms with Gasteiger partial charge in [-0.15, -0.1) is 0 Å². The standard InChI is InChI=1S/C31H34N6O7S/c1-4-43-25(38)19-33-28(40)23(16-20-12-8-6-9-13-20)35-29(41)24(36-27(39)21-14-10-7-11-15-21)18-32-26-22(30(42)44-5-2)17-34-31(37-26)45-3/h6-15,17-18,23H,4-5,16,19H2,1-3H3,(H,33,40)(H,35,41)(H,36,39)(H,32,34,37)/b24-18-/t23-/m1/s1. The first kappa shape index (κ1) is 34.3. The quantitative estimate of drug-likeness (QED) is 0.0836. The lowest BCUT2D eigenvalue weighted by Gasteiger charge is -2.20. The molecule has 1 atom stereocenters. The third kappa shape index (κ3) is 10.8. The van der Waals surface area contributed by atoms with Gasteiger partial charge in [0.05, 0.1) is 13.2 Å². The van der Waals surface area contributed by atoms with Gasteiger partial charge in [0.1, 0.15) is 29.7 Å². The molecule has 0 aliphatic heterocycles. The van der Waals surface area contributed by atoms with Crippen LogP contribution >= 0.6 is 11.8 Å². The average molecular weight is 635 g/mol. The van der Waals surface area contributed by atoms with E-state index in [0.717, 1.165) is 11.8 Å². The van der Waals surface area contributed by atoms with E-state index in [9.17, 15) is 24.0 Å². The first-order chi connectivity index (χ1) is 21.7. The van der Waals surface area contributed by atoms with Crippen LogP contribution in [0.2, 0.25) is 0 Å². The Labute approximate surface area is 264 Å². The molecule has 13 nitrogen and oxygen atoms in total. The molecule has 1 heterocycles. The number of rotatable bonds is 15. The van der Waals surface area contributed by atoms with Crippen molar-refractivity contribution in [2.75, 3.05) is 31.3 Å². The molecule has 4 N–H and O–H groups in total. The molecule has 0 aliphatic rings. The molecule has 3 aromatic rings. The molecule has 0 unspecified atom stereocenters. The average Bonchev–Trinajstić information content (AvgIpc) is 3.06. The summed E-state index contributed by atoms with van der Waals surface area (Å²) < 4.78 is 9.97. The van der Waals surface area contributed by atoms with Crippen molar-refractivity contribution in [1.82, 2.24) is 25.9 Å². The van der Waals surface area contributed by atoms with Crippen molar-refractivity contribution >= 4 is 47.2 Å². The monoisotopic (exact) mass is 634 g/mol. The summed E-state index contributed by atoms with van der Waals surface area (Å²) in [6.45, 7) is 3.15. The molecule has 3 amide bonds. The van der Waals surface area contributed by atoms with Gasteiger partial charge in [-0.1, -0.05) is 60.3 Å². The van der Waals surface area contributed by atoms with Gasteiger partial charge in [-0.3, -0.25) is 19.2 Å². The molecule has 0 spiro atoms. The van der Waals surface area contributed by atoms with Crippen molar-refractivity contribution in [2.45, 2.75) is 31.5 Å². The first-order valence-electron chi connectivity index (χ1n) is 13.9. The van der Waals surface area contributed by atoms with E-state index in [2.05, 4.69) is 31.2 Å². The van der Waals surface area contributed by atoms with Crippen LogP contribution in [0.25, 0.3) is 0 Å². The Bertz CT molecular complexity index is 1520. The molecule has 0 aliphatic carbocycles. The molecule has 0 bridgehead atoms. The molecule has 236 valence electrons. The number of thioether (sulfide) groups is 1. The smallest absolute Gasteiger partial charge is 0.343 e. The van der Waals surface area contributed by atoms with Crippen molar-refractivity contribution in [3.63, 3.8) is 0 Å². The molecule has 1 aromatic heterocycles. The van der Waals surface area contributed by atoms with Crippen LogP contribution in [0.5, 0.6) is 0 Å². The zero-order chi connectivity index (χ0) is 32.6. The number of nitrogens with zero attached hydrogens (tertiary/aromatic N) is 2. The Balaban J connectivity index is 1.95. The Kier molecular flexibility index (Phi) is 13.5. The van der Waals surface area contributed by atoms with Crippen LogP contribution in [-0.4, -0.2) is 71.7 Å². The highest BCUT2D eigenvalue weighted by Gasteiger charge is 2.25. The number of esters is 2. The second-order valence-corrected chi connectivity index (χ2v) is 9.87. The highest BCUT2D eigenvalue weighted by atomic mass is 32.2. The fourth-order valence-corrected chi connectivity index (χ4v) is 4.15. The molecule has 3 rings (SSSR count). The Morgan fingerprint density at radius 3 is 2.24 bits per heavy atom. The van der Waals surface area contributed by atoms with Crippen molar-refractivity contribution in [3.8, 4) is 0 Å². The minimum atomic E-state index is -1.15. The highest BCUT2D eigenvalue weighted by molar-refractivity contribution is 7.98. The van der Waals surface area contributed by atoms with Crippen LogP contribution in [0, 0.1) is 0 Å². The minimum absolute atomic E-state index is 0.000316. The number of anilines is 1. The van der Waals surface area contributed by atoms with Gasteiger partial charge in [-0.05, 0) is 37.8 Å². The van der Waals surface area contributed by atoms with Gasteiger partial charge >= 0.3 is 11.9 Å². The molecule has 2 aromatic carbocycles. The fraction of sp³-hybridized carbons (Fsp3) is 0.258. The molecular weight excluding hydrogens is 600 g/mol. The summed E-state index contributed by atoms with van der Waals surface area (Å²) in [7, 11) is 0. The number of amides is 3. The van der Waals surface area contributed by atoms with Crippen LogP contribution in [-0.2, 0) is 30.3 Å². The second-order valence-electron chi connectivity index (χ2n) is 9.10. The van der Waals surface area contributed by atoms with Crippen molar-refractivity contribution < 1.29 is 33.4 Å². The number of carbonyl (C=O) groups is 5. The van der Waals surface area contributed by atoms with Gasteiger partial charge in [0.2, 0.25) is 5.91 Å². The van der Waals surface area contributed by atoms with Gasteiger partial charge in [-0.25, -0.2) is 14.8 Å². The number of nitrogens with one attached hydrogen (secondary N) is 4. The summed E-state index contributed by atoms with van der Waals surface area (Å²) in [5.41, 5.74) is 0.707. The van der Waals surface area contributed by atoms with E-state index >= 15 is 0 Å². The molecular formula is C31H34N6O7S. The second kappa shape index (κ2) is 17.8. The lowest BCUT2D eigenvalue weighted by Crippen LogP contribution is -2.50. The van der Waals surface area contributed by atoms with Crippen LogP contribution in [0.15, 0.2) is 83.9 Å². The molecule has 14 heteroatoms. The van der Waals surface area contributed by atoms with E-state index in [1.807, 2.05) is 6.07 Å². The van der Waals surface area contributed by atoms with Gasteiger partial charge in [0, 0.05) is 24.4 Å². The molecule has 45 heavy (non-hydrogen) atoms. The minimum Gasteiger partial charge on any atom is -0.465 e. The van der Waals surface area contributed by atoms with Crippen LogP contribution in [0.1, 0.15) is 40.1 Å². The zero-order valence-electron chi connectivity index (χ0n) is 25.0. The lowest BCUT2D eigenvalue weighted by atomic mass is 10.0. The van der Waals surface area contributed by atoms with Gasteiger partial charge < -0.3 is 30.7 Å². The van der Waals surface area contributed by atoms with Crippen molar-refractivity contribution in [2.24, 2.45) is 0 Å². The SMILES string of the molecule is CCOC(=O)CNC(=O)[C@@H](Cc1ccccc1)NC(=O)/C(=C/Nc1nc(SC)ncc1C(=O)OCC)NC(=O)c1ccccc1. The third-order valence-corrected chi connectivity index (χ3v) is 6.51. The predicted molar refractivity (Wildman–Crippen MR) is 167 cm³/mol. The van der Waals surface area contributed by atoms with Crippen LogP contribution < -0.4 is 21.3 Å². The van der Waals surface area contributed by atoms with E-state index in [1.54, 1.807) is 74.7 Å². The van der Waals surface area contributed by atoms with Gasteiger partial charge in [-0.2, -0.15) is 0 Å². The van der Waals surface area contributed by atoms with Crippen molar-refractivity contribution in [1.29, 1.82) is 0 Å². The third-order valence-electron chi connectivity index (χ3n) is 5.94. The van der Waals surface area contributed by atoms with E-state index in [4.69, 9.17) is 9.47 Å². The summed E-state index contributed by atoms with van der Waals surface area (Å²) in [4.78, 5) is 72.8.